The summed E-state index contributed by atoms with van der Waals surface area (Å²) in [6.07, 6.45) is -0.617. The Labute approximate surface area is 159 Å². The highest BCUT2D eigenvalue weighted by atomic mass is 16.5. The van der Waals surface area contributed by atoms with Crippen molar-refractivity contribution in [2.24, 2.45) is 5.10 Å². The molecule has 1 aromatic carbocycles. The van der Waals surface area contributed by atoms with Gasteiger partial charge < -0.3 is 19.9 Å². The highest BCUT2D eigenvalue weighted by Gasteiger charge is 2.10. The van der Waals surface area contributed by atoms with Crippen LogP contribution in [0.2, 0.25) is 0 Å². The van der Waals surface area contributed by atoms with Crippen LogP contribution in [0.25, 0.3) is 0 Å². The Bertz CT molecular complexity index is 730. The summed E-state index contributed by atoms with van der Waals surface area (Å²) in [4.78, 5) is 0. The normalized spacial score (nSPS) is 11.8. The average molecular weight is 373 g/mol. The number of rotatable bonds is 10. The zero-order valence-corrected chi connectivity index (χ0v) is 16.1. The number of anilines is 1. The largest absolute Gasteiger partial charge is 0.487 e. The number of hydrogen-bond donors (Lipinski definition) is 3. The Morgan fingerprint density at radius 2 is 1.85 bits per heavy atom. The van der Waals surface area contributed by atoms with Crippen molar-refractivity contribution in [2.45, 2.75) is 39.8 Å². The number of nitrogens with one attached hydrogen (secondary N) is 2. The number of aromatic nitrogens is 2. The van der Waals surface area contributed by atoms with E-state index in [0.717, 1.165) is 5.71 Å². The average Bonchev–Trinajstić information content (AvgIpc) is 2.65. The van der Waals surface area contributed by atoms with E-state index in [9.17, 15) is 5.11 Å². The third-order valence-electron chi connectivity index (χ3n) is 3.29. The summed E-state index contributed by atoms with van der Waals surface area (Å²) in [6, 6.07) is 10.9. The van der Waals surface area contributed by atoms with Gasteiger partial charge in [0, 0.05) is 24.4 Å². The van der Waals surface area contributed by atoms with Gasteiger partial charge in [-0.15, -0.1) is 10.2 Å². The lowest BCUT2D eigenvalue weighted by atomic mass is 10.3. The summed E-state index contributed by atoms with van der Waals surface area (Å²) in [6.45, 7) is 8.42. The van der Waals surface area contributed by atoms with E-state index in [1.165, 1.54) is 0 Å². The first-order valence-corrected chi connectivity index (χ1v) is 8.86. The number of benzene rings is 1. The van der Waals surface area contributed by atoms with Gasteiger partial charge in [-0.1, -0.05) is 26.0 Å². The number of para-hydroxylation sites is 2. The first-order valence-electron chi connectivity index (χ1n) is 8.86. The van der Waals surface area contributed by atoms with Crippen LogP contribution in [0.5, 0.6) is 17.4 Å². The molecule has 0 fully saturated rings. The van der Waals surface area contributed by atoms with Gasteiger partial charge in [-0.25, -0.2) is 0 Å². The predicted molar refractivity (Wildman–Crippen MR) is 106 cm³/mol. The van der Waals surface area contributed by atoms with Crippen LogP contribution in [0.1, 0.15) is 27.7 Å². The van der Waals surface area contributed by atoms with Gasteiger partial charge in [-0.3, -0.25) is 5.43 Å². The van der Waals surface area contributed by atoms with Gasteiger partial charge in [0.15, 0.2) is 17.3 Å². The van der Waals surface area contributed by atoms with E-state index in [-0.39, 0.29) is 6.61 Å². The molecule has 0 saturated carbocycles. The van der Waals surface area contributed by atoms with Crippen LogP contribution >= 0.6 is 0 Å². The Balaban J connectivity index is 1.96. The monoisotopic (exact) mass is 373 g/mol. The van der Waals surface area contributed by atoms with Crippen molar-refractivity contribution in [1.82, 2.24) is 15.5 Å². The number of hydrogen-bond acceptors (Lipinski definition) is 8. The van der Waals surface area contributed by atoms with E-state index >= 15 is 0 Å². The Morgan fingerprint density at radius 3 is 2.48 bits per heavy atom. The molecule has 0 aliphatic carbocycles. The van der Waals surface area contributed by atoms with Crippen molar-refractivity contribution in [2.75, 3.05) is 18.6 Å². The highest BCUT2D eigenvalue weighted by Crippen LogP contribution is 2.30. The van der Waals surface area contributed by atoms with Crippen molar-refractivity contribution in [1.29, 1.82) is 0 Å². The summed E-state index contributed by atoms with van der Waals surface area (Å²) in [5.41, 5.74) is 3.68. The zero-order valence-electron chi connectivity index (χ0n) is 16.1. The maximum atomic E-state index is 9.99. The minimum absolute atomic E-state index is 0.156. The van der Waals surface area contributed by atoms with Gasteiger partial charge in [-0.2, -0.15) is 5.10 Å². The zero-order chi connectivity index (χ0) is 19.6. The quantitative estimate of drug-likeness (QED) is 0.435. The standard InChI is InChI=1S/C19H27N5O3/c1-13(2)20-11-15(25)12-26-16-7-5-6-8-17(16)27-19-10-9-18(23-24-19)22-21-14(3)4/h5-10,13,15,20,25H,11-12H2,1-4H3,(H,22,23). The molecule has 0 aliphatic rings. The lowest BCUT2D eigenvalue weighted by Gasteiger charge is -2.16. The molecular weight excluding hydrogens is 346 g/mol. The molecule has 0 amide bonds. The van der Waals surface area contributed by atoms with Crippen LogP contribution in [0.3, 0.4) is 0 Å². The third kappa shape index (κ3) is 7.59. The molecular formula is C19H27N5O3. The van der Waals surface area contributed by atoms with Crippen molar-refractivity contribution < 1.29 is 14.6 Å². The Hall–Kier alpha value is -2.71. The molecule has 27 heavy (non-hydrogen) atoms. The lowest BCUT2D eigenvalue weighted by molar-refractivity contribution is 0.103. The van der Waals surface area contributed by atoms with E-state index in [0.29, 0.717) is 35.8 Å². The summed E-state index contributed by atoms with van der Waals surface area (Å²) < 4.78 is 11.5. The number of aliphatic hydroxyl groups excluding tert-OH is 1. The fourth-order valence-corrected chi connectivity index (χ4v) is 1.99. The van der Waals surface area contributed by atoms with E-state index in [1.807, 2.05) is 39.8 Å². The fourth-order valence-electron chi connectivity index (χ4n) is 1.99. The van der Waals surface area contributed by atoms with Gasteiger partial charge in [0.1, 0.15) is 12.7 Å². The first kappa shape index (κ1) is 20.6. The molecule has 0 spiro atoms. The maximum Gasteiger partial charge on any atom is 0.239 e. The van der Waals surface area contributed by atoms with Crippen LogP contribution in [0.15, 0.2) is 41.5 Å². The highest BCUT2D eigenvalue weighted by molar-refractivity contribution is 5.79. The maximum absolute atomic E-state index is 9.99. The molecule has 8 nitrogen and oxygen atoms in total. The van der Waals surface area contributed by atoms with Gasteiger partial charge in [-0.05, 0) is 32.0 Å². The van der Waals surface area contributed by atoms with E-state index in [4.69, 9.17) is 9.47 Å². The molecule has 0 bridgehead atoms. The minimum atomic E-state index is -0.617. The molecule has 146 valence electrons. The molecule has 2 rings (SSSR count). The number of hydrazone groups is 1. The summed E-state index contributed by atoms with van der Waals surface area (Å²) in [5, 5.41) is 25.2. The molecule has 1 atom stereocenters. The molecule has 0 aliphatic heterocycles. The van der Waals surface area contributed by atoms with Crippen LogP contribution in [-0.2, 0) is 0 Å². The van der Waals surface area contributed by atoms with Gasteiger partial charge in [0.25, 0.3) is 0 Å². The van der Waals surface area contributed by atoms with Crippen molar-refractivity contribution in [3.05, 3.63) is 36.4 Å². The molecule has 2 aromatic rings. The molecule has 8 heteroatoms. The minimum Gasteiger partial charge on any atom is -0.487 e. The van der Waals surface area contributed by atoms with Gasteiger partial charge >= 0.3 is 0 Å². The molecule has 3 N–H and O–H groups in total. The van der Waals surface area contributed by atoms with Crippen molar-refractivity contribution in [3.63, 3.8) is 0 Å². The number of nitrogens with zero attached hydrogens (tertiary/aromatic N) is 3. The summed E-state index contributed by atoms with van der Waals surface area (Å²) >= 11 is 0. The third-order valence-corrected chi connectivity index (χ3v) is 3.29. The predicted octanol–water partition coefficient (Wildman–Crippen LogP) is 2.81. The Morgan fingerprint density at radius 1 is 1.11 bits per heavy atom. The molecule has 1 aromatic heterocycles. The first-order chi connectivity index (χ1) is 12.9. The Kier molecular flexibility index (Phi) is 7.97. The van der Waals surface area contributed by atoms with Crippen LogP contribution in [0, 0.1) is 0 Å². The lowest BCUT2D eigenvalue weighted by Crippen LogP contribution is -2.35. The summed E-state index contributed by atoms with van der Waals surface area (Å²) in [7, 11) is 0. The second-order valence-corrected chi connectivity index (χ2v) is 6.50. The smallest absolute Gasteiger partial charge is 0.239 e. The molecule has 1 unspecified atom stereocenters. The van der Waals surface area contributed by atoms with Gasteiger partial charge in [0.2, 0.25) is 5.88 Å². The molecule has 0 saturated heterocycles. The van der Waals surface area contributed by atoms with E-state index in [1.54, 1.807) is 24.3 Å². The fraction of sp³-hybridized carbons (Fsp3) is 0.421. The van der Waals surface area contributed by atoms with Crippen molar-refractivity contribution >= 4 is 11.5 Å². The van der Waals surface area contributed by atoms with Gasteiger partial charge in [0.05, 0.1) is 0 Å². The summed E-state index contributed by atoms with van der Waals surface area (Å²) in [5.74, 6) is 1.87. The SMILES string of the molecule is CC(C)=NNc1ccc(Oc2ccccc2OCC(O)CNC(C)C)nn1. The van der Waals surface area contributed by atoms with Crippen LogP contribution in [-0.4, -0.2) is 46.3 Å². The number of aliphatic hydroxyl groups is 1. The molecule has 0 radical (unpaired) electrons. The second kappa shape index (κ2) is 10.4. The molecule has 1 heterocycles. The van der Waals surface area contributed by atoms with E-state index in [2.05, 4.69) is 26.0 Å². The topological polar surface area (TPSA) is 101 Å². The van der Waals surface area contributed by atoms with E-state index < -0.39 is 6.10 Å². The van der Waals surface area contributed by atoms with Crippen molar-refractivity contribution in [3.8, 4) is 17.4 Å². The number of ether oxygens (including phenoxy) is 2. The van der Waals surface area contributed by atoms with Crippen LogP contribution < -0.4 is 20.2 Å². The van der Waals surface area contributed by atoms with Crippen LogP contribution in [0.4, 0.5) is 5.82 Å². The second-order valence-electron chi connectivity index (χ2n) is 6.50.